The van der Waals surface area contributed by atoms with Crippen molar-refractivity contribution in [2.75, 3.05) is 13.1 Å². The molecule has 2 aromatic rings. The van der Waals surface area contributed by atoms with Gasteiger partial charge in [0.15, 0.2) is 5.78 Å². The predicted molar refractivity (Wildman–Crippen MR) is 201 cm³/mol. The zero-order valence-electron chi connectivity index (χ0n) is 32.5. The summed E-state index contributed by atoms with van der Waals surface area (Å²) >= 11 is 0. The van der Waals surface area contributed by atoms with Crippen LogP contribution in [0.4, 0.5) is 9.59 Å². The first-order valence-corrected chi connectivity index (χ1v) is 19.1. The van der Waals surface area contributed by atoms with Crippen LogP contribution in [0.5, 0.6) is 0 Å². The highest BCUT2D eigenvalue weighted by Gasteiger charge is 2.41. The van der Waals surface area contributed by atoms with Crippen molar-refractivity contribution in [2.24, 2.45) is 4.99 Å². The summed E-state index contributed by atoms with van der Waals surface area (Å²) in [7, 11) is -3.95. The fourth-order valence-corrected chi connectivity index (χ4v) is 6.92. The molecule has 1 heterocycles. The minimum atomic E-state index is -3.95. The van der Waals surface area contributed by atoms with Gasteiger partial charge in [-0.3, -0.25) is 20.2 Å². The molecule has 54 heavy (non-hydrogen) atoms. The lowest BCUT2D eigenvalue weighted by Gasteiger charge is -2.28. The van der Waals surface area contributed by atoms with Crippen molar-refractivity contribution in [3.63, 3.8) is 0 Å². The molecule has 0 radical (unpaired) electrons. The number of ketones is 1. The molecule has 15 nitrogen and oxygen atoms in total. The molecule has 0 aliphatic carbocycles. The molecular formula is C38H53N5O10S. The van der Waals surface area contributed by atoms with Gasteiger partial charge in [0.25, 0.3) is 0 Å². The standard InChI is InChI=1S/C38H53N5O10S/c1-36(2,3)51-32(46)29(40-31(45)30-16-13-21-43(30)54(49,50)28-14-11-10-12-15-28)23-26-19-17-25(18-20-26)22-27(44)24-39-33(41-34(47)52-37(4,5)6)42-35(48)53-38(7,8)9/h10-12,14-15,17-20,29-30H,13,16,21-24H2,1-9H3,(H,40,45)(H2,39,41,42,47,48)/t29-,30-/m0/s1. The number of aliphatic imine (C=N–C) groups is 1. The van der Waals surface area contributed by atoms with Gasteiger partial charge in [0.2, 0.25) is 21.9 Å². The first-order chi connectivity index (χ1) is 24.9. The number of benzene rings is 2. The second-order valence-electron chi connectivity index (χ2n) is 15.8. The summed E-state index contributed by atoms with van der Waals surface area (Å²) in [5, 5.41) is 7.40. The Morgan fingerprint density at radius 1 is 0.778 bits per heavy atom. The van der Waals surface area contributed by atoms with Crippen LogP contribution in [0, 0.1) is 0 Å². The molecule has 1 aliphatic rings. The van der Waals surface area contributed by atoms with Crippen molar-refractivity contribution in [3.05, 3.63) is 65.7 Å². The van der Waals surface area contributed by atoms with E-state index in [2.05, 4.69) is 20.9 Å². The summed E-state index contributed by atoms with van der Waals surface area (Å²) < 4.78 is 44.0. The highest BCUT2D eigenvalue weighted by Crippen LogP contribution is 2.26. The Balaban J connectivity index is 1.72. The number of nitrogens with one attached hydrogen (secondary N) is 3. The molecule has 3 rings (SSSR count). The van der Waals surface area contributed by atoms with Gasteiger partial charge in [-0.15, -0.1) is 0 Å². The minimum absolute atomic E-state index is 0.0351. The van der Waals surface area contributed by atoms with E-state index in [0.29, 0.717) is 24.0 Å². The van der Waals surface area contributed by atoms with Gasteiger partial charge in [-0.1, -0.05) is 42.5 Å². The van der Waals surface area contributed by atoms with E-state index in [9.17, 15) is 32.4 Å². The van der Waals surface area contributed by atoms with E-state index in [-0.39, 0.29) is 36.0 Å². The molecule has 1 saturated heterocycles. The highest BCUT2D eigenvalue weighted by atomic mass is 32.2. The van der Waals surface area contributed by atoms with Gasteiger partial charge < -0.3 is 19.5 Å². The van der Waals surface area contributed by atoms with E-state index in [4.69, 9.17) is 14.2 Å². The van der Waals surface area contributed by atoms with Gasteiger partial charge in [-0.2, -0.15) is 4.31 Å². The zero-order chi connectivity index (χ0) is 40.5. The van der Waals surface area contributed by atoms with Crippen LogP contribution in [-0.4, -0.2) is 90.5 Å². The quantitative estimate of drug-likeness (QED) is 0.127. The normalized spacial score (nSPS) is 15.7. The van der Waals surface area contributed by atoms with Crippen LogP contribution in [0.15, 0.2) is 64.5 Å². The Bertz CT molecular complexity index is 1760. The number of alkyl carbamates (subject to hydrolysis) is 2. The van der Waals surface area contributed by atoms with Crippen molar-refractivity contribution in [1.29, 1.82) is 0 Å². The largest absolute Gasteiger partial charge is 0.458 e. The minimum Gasteiger partial charge on any atom is -0.458 e. The lowest BCUT2D eigenvalue weighted by molar-refractivity contribution is -0.158. The molecule has 0 bridgehead atoms. The van der Waals surface area contributed by atoms with Crippen molar-refractivity contribution < 1.29 is 46.6 Å². The molecule has 2 atom stereocenters. The Kier molecular flexibility index (Phi) is 14.5. The number of Topliss-reactive ketones (excluding diaryl/α,β-unsaturated/α-hetero) is 1. The number of ether oxygens (including phenoxy) is 3. The number of sulfonamides is 1. The average molecular weight is 772 g/mol. The van der Waals surface area contributed by atoms with Crippen LogP contribution < -0.4 is 16.0 Å². The van der Waals surface area contributed by atoms with E-state index < -0.39 is 69.5 Å². The molecule has 0 spiro atoms. The molecule has 2 aromatic carbocycles. The van der Waals surface area contributed by atoms with Crippen LogP contribution in [0.2, 0.25) is 0 Å². The Morgan fingerprint density at radius 2 is 1.30 bits per heavy atom. The van der Waals surface area contributed by atoms with E-state index in [1.165, 1.54) is 16.4 Å². The molecule has 1 aliphatic heterocycles. The number of hydrogen-bond acceptors (Lipinski definition) is 11. The number of carbonyl (C=O) groups excluding carboxylic acids is 5. The SMILES string of the molecule is CC(C)(C)OC(=O)NC(=NCC(=O)Cc1ccc(C[C@H](NC(=O)[C@@H]2CCCN2S(=O)(=O)c2ccccc2)C(=O)OC(C)(C)C)cc1)NC(=O)OC(C)(C)C. The highest BCUT2D eigenvalue weighted by molar-refractivity contribution is 7.89. The van der Waals surface area contributed by atoms with Crippen molar-refractivity contribution in [2.45, 2.75) is 122 Å². The maximum atomic E-state index is 13.6. The van der Waals surface area contributed by atoms with Crippen molar-refractivity contribution >= 4 is 45.8 Å². The molecule has 296 valence electrons. The zero-order valence-corrected chi connectivity index (χ0v) is 33.3. The maximum absolute atomic E-state index is 13.6. The predicted octanol–water partition coefficient (Wildman–Crippen LogP) is 4.43. The van der Waals surface area contributed by atoms with Crippen LogP contribution >= 0.6 is 0 Å². The summed E-state index contributed by atoms with van der Waals surface area (Å²) in [6, 6.07) is 12.5. The Hall–Kier alpha value is -4.83. The fraction of sp³-hybridized carbons (Fsp3) is 0.526. The number of carbonyl (C=O) groups is 5. The number of esters is 1. The molecule has 0 aromatic heterocycles. The van der Waals surface area contributed by atoms with Crippen LogP contribution in [-0.2, 0) is 51.5 Å². The van der Waals surface area contributed by atoms with E-state index in [1.54, 1.807) is 105 Å². The van der Waals surface area contributed by atoms with Crippen molar-refractivity contribution in [3.8, 4) is 0 Å². The monoisotopic (exact) mass is 771 g/mol. The molecule has 3 amide bonds. The molecule has 1 fully saturated rings. The second-order valence-corrected chi connectivity index (χ2v) is 17.7. The van der Waals surface area contributed by atoms with Gasteiger partial charge in [-0.25, -0.2) is 27.8 Å². The first kappa shape index (κ1) is 43.6. The number of hydrogen-bond donors (Lipinski definition) is 3. The molecule has 16 heteroatoms. The van der Waals surface area contributed by atoms with Gasteiger partial charge in [-0.05, 0) is 98.4 Å². The second kappa shape index (κ2) is 18.0. The molecule has 0 unspecified atom stereocenters. The maximum Gasteiger partial charge on any atom is 0.414 e. The first-order valence-electron chi connectivity index (χ1n) is 17.7. The molecule has 3 N–H and O–H groups in total. The Labute approximate surface area is 317 Å². The molecular weight excluding hydrogens is 719 g/mol. The number of guanidine groups is 1. The lowest BCUT2D eigenvalue weighted by Crippen LogP contribution is -2.52. The fourth-order valence-electron chi connectivity index (χ4n) is 5.24. The van der Waals surface area contributed by atoms with Gasteiger partial charge in [0, 0.05) is 19.4 Å². The third kappa shape index (κ3) is 14.5. The third-order valence-corrected chi connectivity index (χ3v) is 9.30. The van der Waals surface area contributed by atoms with E-state index >= 15 is 0 Å². The third-order valence-electron chi connectivity index (χ3n) is 7.38. The lowest BCUT2D eigenvalue weighted by atomic mass is 10.0. The Morgan fingerprint density at radius 3 is 1.81 bits per heavy atom. The number of rotatable bonds is 11. The topological polar surface area (TPSA) is 199 Å². The van der Waals surface area contributed by atoms with Gasteiger partial charge in [0.05, 0.1) is 4.90 Å². The van der Waals surface area contributed by atoms with E-state index in [0.717, 1.165) is 0 Å². The van der Waals surface area contributed by atoms with Crippen LogP contribution in [0.25, 0.3) is 0 Å². The number of amides is 3. The summed E-state index contributed by atoms with van der Waals surface area (Å²) in [4.78, 5) is 68.7. The van der Waals surface area contributed by atoms with Gasteiger partial charge >= 0.3 is 18.2 Å². The number of nitrogens with zero attached hydrogens (tertiary/aromatic N) is 2. The summed E-state index contributed by atoms with van der Waals surface area (Å²) in [6.45, 7) is 14.9. The summed E-state index contributed by atoms with van der Waals surface area (Å²) in [6.07, 6.45) is -1.02. The van der Waals surface area contributed by atoms with Crippen LogP contribution in [0.3, 0.4) is 0 Å². The van der Waals surface area contributed by atoms with E-state index in [1.807, 2.05) is 0 Å². The summed E-state index contributed by atoms with van der Waals surface area (Å²) in [5.74, 6) is -1.95. The summed E-state index contributed by atoms with van der Waals surface area (Å²) in [5.41, 5.74) is -1.25. The smallest absolute Gasteiger partial charge is 0.414 e. The average Bonchev–Trinajstić information content (AvgIpc) is 3.53. The van der Waals surface area contributed by atoms with Crippen LogP contribution in [0.1, 0.15) is 86.3 Å². The molecule has 0 saturated carbocycles. The van der Waals surface area contributed by atoms with Gasteiger partial charge in [0.1, 0.15) is 35.4 Å². The van der Waals surface area contributed by atoms with Crippen molar-refractivity contribution in [1.82, 2.24) is 20.3 Å².